The smallest absolute Gasteiger partial charge is 0.255 e. The van der Waals surface area contributed by atoms with Gasteiger partial charge in [-0.05, 0) is 59.3 Å². The van der Waals surface area contributed by atoms with E-state index in [0.29, 0.717) is 28.3 Å². The van der Waals surface area contributed by atoms with Gasteiger partial charge >= 0.3 is 0 Å². The van der Waals surface area contributed by atoms with Gasteiger partial charge in [0, 0.05) is 21.7 Å². The molecule has 0 heterocycles. The van der Waals surface area contributed by atoms with Gasteiger partial charge in [0.25, 0.3) is 5.91 Å². The molecule has 0 aliphatic heterocycles. The van der Waals surface area contributed by atoms with Crippen molar-refractivity contribution >= 4 is 39.9 Å². The fraction of sp³-hybridized carbons (Fsp3) is 0.111. The van der Waals surface area contributed by atoms with Gasteiger partial charge in [-0.25, -0.2) is 0 Å². The van der Waals surface area contributed by atoms with Crippen LogP contribution in [0.3, 0.4) is 0 Å². The molecule has 0 aliphatic rings. The molecule has 0 saturated heterocycles. The van der Waals surface area contributed by atoms with E-state index in [1.54, 1.807) is 32.4 Å². The van der Waals surface area contributed by atoms with Crippen molar-refractivity contribution in [2.75, 3.05) is 25.3 Å². The molecule has 6 heteroatoms. The lowest BCUT2D eigenvalue weighted by molar-refractivity contribution is 0.101. The van der Waals surface area contributed by atoms with Crippen LogP contribution in [0.1, 0.15) is 20.7 Å². The molecule has 4 rings (SSSR count). The Morgan fingerprint density at radius 2 is 1.52 bits per heavy atom. The van der Waals surface area contributed by atoms with E-state index in [2.05, 4.69) is 5.32 Å². The number of ketones is 1. The van der Waals surface area contributed by atoms with Gasteiger partial charge in [-0.3, -0.25) is 9.59 Å². The minimum absolute atomic E-state index is 0.0217. The number of fused-ring (bicyclic) bond motifs is 1. The number of rotatable bonds is 8. The molecule has 0 spiro atoms. The maximum atomic E-state index is 12.7. The maximum Gasteiger partial charge on any atom is 0.255 e. The van der Waals surface area contributed by atoms with Crippen molar-refractivity contribution in [2.24, 2.45) is 0 Å². The van der Waals surface area contributed by atoms with Crippen LogP contribution in [0.2, 0.25) is 0 Å². The summed E-state index contributed by atoms with van der Waals surface area (Å²) in [5.74, 6) is 1.16. The minimum Gasteiger partial charge on any atom is -0.493 e. The predicted octanol–water partition coefficient (Wildman–Crippen LogP) is 6.08. The molecule has 0 unspecified atom stereocenters. The molecule has 166 valence electrons. The molecule has 0 bridgehead atoms. The van der Waals surface area contributed by atoms with Crippen LogP contribution in [0.25, 0.3) is 10.8 Å². The summed E-state index contributed by atoms with van der Waals surface area (Å²) >= 11 is 1.41. The molecule has 1 N–H and O–H groups in total. The molecule has 33 heavy (non-hydrogen) atoms. The quantitative estimate of drug-likeness (QED) is 0.256. The van der Waals surface area contributed by atoms with Gasteiger partial charge in [0.05, 0.1) is 20.0 Å². The molecule has 0 radical (unpaired) electrons. The number of Topliss-reactive ketones (excluding diaryl/α,β-unsaturated/α-hetero) is 1. The number of amides is 1. The molecule has 0 fully saturated rings. The SMILES string of the molecule is COc1ccc(C(=O)CSc2cccc(NC(=O)c3ccc4ccccc4c3)c2)cc1OC. The third kappa shape index (κ3) is 5.35. The number of methoxy groups -OCH3 is 2. The summed E-state index contributed by atoms with van der Waals surface area (Å²) in [5.41, 5.74) is 1.83. The molecule has 0 saturated carbocycles. The zero-order valence-electron chi connectivity index (χ0n) is 18.3. The van der Waals surface area contributed by atoms with E-state index in [1.165, 1.54) is 11.8 Å². The third-order valence-corrected chi connectivity index (χ3v) is 6.17. The van der Waals surface area contributed by atoms with Crippen LogP contribution in [-0.4, -0.2) is 31.7 Å². The minimum atomic E-state index is -0.177. The fourth-order valence-corrected chi connectivity index (χ4v) is 4.29. The van der Waals surface area contributed by atoms with Crippen molar-refractivity contribution in [1.82, 2.24) is 0 Å². The van der Waals surface area contributed by atoms with E-state index in [4.69, 9.17) is 9.47 Å². The second-order valence-corrected chi connectivity index (χ2v) is 8.37. The molecule has 4 aromatic carbocycles. The predicted molar refractivity (Wildman–Crippen MR) is 133 cm³/mol. The van der Waals surface area contributed by atoms with Crippen LogP contribution in [0, 0.1) is 0 Å². The van der Waals surface area contributed by atoms with Crippen LogP contribution in [0.15, 0.2) is 89.8 Å². The highest BCUT2D eigenvalue weighted by Gasteiger charge is 2.12. The number of hydrogen-bond acceptors (Lipinski definition) is 5. The first-order valence-electron chi connectivity index (χ1n) is 10.4. The van der Waals surface area contributed by atoms with Gasteiger partial charge in [-0.1, -0.05) is 36.4 Å². The number of thioether (sulfide) groups is 1. The largest absolute Gasteiger partial charge is 0.493 e. The molecular formula is C27H23NO4S. The first-order valence-corrected chi connectivity index (χ1v) is 11.3. The summed E-state index contributed by atoms with van der Waals surface area (Å²) in [6.45, 7) is 0. The lowest BCUT2D eigenvalue weighted by Crippen LogP contribution is -2.11. The van der Waals surface area contributed by atoms with Gasteiger partial charge in [0.15, 0.2) is 17.3 Å². The number of ether oxygens (including phenoxy) is 2. The van der Waals surface area contributed by atoms with Crippen LogP contribution in [0.4, 0.5) is 5.69 Å². The molecular weight excluding hydrogens is 434 g/mol. The highest BCUT2D eigenvalue weighted by Crippen LogP contribution is 2.29. The summed E-state index contributed by atoms with van der Waals surface area (Å²) in [5, 5.41) is 5.05. The van der Waals surface area contributed by atoms with Gasteiger partial charge in [0.2, 0.25) is 0 Å². The topological polar surface area (TPSA) is 64.6 Å². The van der Waals surface area contributed by atoms with Gasteiger partial charge < -0.3 is 14.8 Å². The Hall–Kier alpha value is -3.77. The van der Waals surface area contributed by atoms with Gasteiger partial charge in [-0.15, -0.1) is 11.8 Å². The Morgan fingerprint density at radius 3 is 2.30 bits per heavy atom. The highest BCUT2D eigenvalue weighted by atomic mass is 32.2. The Bertz CT molecular complexity index is 1320. The Balaban J connectivity index is 1.41. The maximum absolute atomic E-state index is 12.7. The molecule has 1 amide bonds. The molecule has 0 aromatic heterocycles. The average molecular weight is 458 g/mol. The Labute approximate surface area is 196 Å². The van der Waals surface area contributed by atoms with E-state index in [0.717, 1.165) is 15.7 Å². The molecule has 5 nitrogen and oxygen atoms in total. The van der Waals surface area contributed by atoms with Crippen LogP contribution in [0.5, 0.6) is 11.5 Å². The van der Waals surface area contributed by atoms with E-state index >= 15 is 0 Å². The lowest BCUT2D eigenvalue weighted by Gasteiger charge is -2.10. The number of benzene rings is 4. The standard InChI is InChI=1S/C27H23NO4S/c1-31-25-13-12-20(15-26(25)32-2)24(29)17-33-23-9-5-8-22(16-23)28-27(30)21-11-10-18-6-3-4-7-19(18)14-21/h3-16H,17H2,1-2H3,(H,28,30). The average Bonchev–Trinajstić information content (AvgIpc) is 2.86. The fourth-order valence-electron chi connectivity index (χ4n) is 3.44. The van der Waals surface area contributed by atoms with E-state index in [-0.39, 0.29) is 17.4 Å². The normalized spacial score (nSPS) is 10.6. The van der Waals surface area contributed by atoms with Crippen LogP contribution < -0.4 is 14.8 Å². The number of carbonyl (C=O) groups is 2. The Kier molecular flexibility index (Phi) is 6.95. The number of carbonyl (C=O) groups excluding carboxylic acids is 2. The van der Waals surface area contributed by atoms with Crippen molar-refractivity contribution in [3.8, 4) is 11.5 Å². The van der Waals surface area contributed by atoms with Crippen molar-refractivity contribution in [3.63, 3.8) is 0 Å². The summed E-state index contributed by atoms with van der Waals surface area (Å²) < 4.78 is 10.5. The number of nitrogens with one attached hydrogen (secondary N) is 1. The van der Waals surface area contributed by atoms with E-state index in [9.17, 15) is 9.59 Å². The first kappa shape index (κ1) is 22.4. The van der Waals surface area contributed by atoms with Crippen molar-refractivity contribution < 1.29 is 19.1 Å². The second-order valence-electron chi connectivity index (χ2n) is 7.33. The van der Waals surface area contributed by atoms with Crippen LogP contribution in [-0.2, 0) is 0 Å². The van der Waals surface area contributed by atoms with Crippen molar-refractivity contribution in [2.45, 2.75) is 4.90 Å². The summed E-state index contributed by atoms with van der Waals surface area (Å²) in [6.07, 6.45) is 0. The third-order valence-electron chi connectivity index (χ3n) is 5.18. The summed E-state index contributed by atoms with van der Waals surface area (Å²) in [6, 6.07) is 26.2. The zero-order chi connectivity index (χ0) is 23.2. The number of hydrogen-bond donors (Lipinski definition) is 1. The lowest BCUT2D eigenvalue weighted by atomic mass is 10.1. The monoisotopic (exact) mass is 457 g/mol. The van der Waals surface area contributed by atoms with Gasteiger partial charge in [0.1, 0.15) is 0 Å². The zero-order valence-corrected chi connectivity index (χ0v) is 19.1. The van der Waals surface area contributed by atoms with E-state index < -0.39 is 0 Å². The second kappa shape index (κ2) is 10.2. The van der Waals surface area contributed by atoms with Crippen molar-refractivity contribution in [1.29, 1.82) is 0 Å². The summed E-state index contributed by atoms with van der Waals surface area (Å²) in [4.78, 5) is 26.3. The van der Waals surface area contributed by atoms with Gasteiger partial charge in [-0.2, -0.15) is 0 Å². The molecule has 4 aromatic rings. The Morgan fingerprint density at radius 1 is 0.758 bits per heavy atom. The highest BCUT2D eigenvalue weighted by molar-refractivity contribution is 8.00. The van der Waals surface area contributed by atoms with Crippen LogP contribution >= 0.6 is 11.8 Å². The van der Waals surface area contributed by atoms with Crippen molar-refractivity contribution in [3.05, 3.63) is 96.1 Å². The summed E-state index contributed by atoms with van der Waals surface area (Å²) in [7, 11) is 3.10. The molecule has 0 atom stereocenters. The molecule has 0 aliphatic carbocycles. The number of anilines is 1. The first-order chi connectivity index (χ1) is 16.1. The van der Waals surface area contributed by atoms with E-state index in [1.807, 2.05) is 66.7 Å².